The number of hydrogen-bond donors (Lipinski definition) is 1. The van der Waals surface area contributed by atoms with Crippen molar-refractivity contribution in [1.29, 1.82) is 0 Å². The quantitative estimate of drug-likeness (QED) is 0.376. The number of para-hydroxylation sites is 1. The number of anilines is 1. The number of amides is 1. The molecule has 0 bridgehead atoms. The fraction of sp³-hybridized carbons (Fsp3) is 0.333. The molecule has 0 atom stereocenters. The number of hydrogen-bond acceptors (Lipinski definition) is 4. The van der Waals surface area contributed by atoms with Gasteiger partial charge in [0, 0.05) is 6.54 Å². The van der Waals surface area contributed by atoms with Crippen molar-refractivity contribution in [3.8, 4) is 5.69 Å². The third-order valence-electron chi connectivity index (χ3n) is 5.10. The van der Waals surface area contributed by atoms with Gasteiger partial charge < -0.3 is 5.32 Å². The molecule has 2 aromatic carbocycles. The zero-order valence-corrected chi connectivity index (χ0v) is 20.3. The molecule has 0 aliphatic heterocycles. The molecule has 1 N–H and O–H groups in total. The second-order valence-electron chi connectivity index (χ2n) is 9.06. The van der Waals surface area contributed by atoms with E-state index in [1.54, 1.807) is 6.20 Å². The van der Waals surface area contributed by atoms with E-state index >= 15 is 0 Å². The molecule has 0 radical (unpaired) electrons. The summed E-state index contributed by atoms with van der Waals surface area (Å²) in [7, 11) is 0. The van der Waals surface area contributed by atoms with Crippen LogP contribution in [0.25, 0.3) is 16.7 Å². The Hall–Kier alpha value is -3.00. The van der Waals surface area contributed by atoms with Crippen molar-refractivity contribution in [3.63, 3.8) is 0 Å². The highest BCUT2D eigenvalue weighted by molar-refractivity contribution is 9.10. The van der Waals surface area contributed by atoms with E-state index in [1.165, 1.54) is 0 Å². The zero-order valence-electron chi connectivity index (χ0n) is 18.8. The first kappa shape index (κ1) is 22.2. The molecule has 2 heterocycles. The Labute approximate surface area is 195 Å². The van der Waals surface area contributed by atoms with Crippen LogP contribution in [-0.4, -0.2) is 30.7 Å². The lowest BCUT2D eigenvalue weighted by Crippen LogP contribution is -2.16. The molecule has 1 amide bonds. The van der Waals surface area contributed by atoms with Crippen LogP contribution in [-0.2, 0) is 13.0 Å². The minimum Gasteiger partial charge on any atom is -0.321 e. The summed E-state index contributed by atoms with van der Waals surface area (Å²) in [5, 5.41) is 16.2. The van der Waals surface area contributed by atoms with E-state index in [0.717, 1.165) is 46.3 Å². The van der Waals surface area contributed by atoms with Gasteiger partial charge in [0.15, 0.2) is 0 Å². The summed E-state index contributed by atoms with van der Waals surface area (Å²) < 4.78 is 4.46. The molecular formula is C24H27BrN6O. The Bertz CT molecular complexity index is 1250. The standard InChI is InChI=1S/C24H27BrN6O/c1-5-9-19-17(14-26-31(19)16-10-7-6-8-11-16)23(32)27-18-12-13-20-22(21(18)25)28-29-30(20)15-24(2,3)4/h6-8,10-14H,5,9,15H2,1-4H3,(H,27,32). The van der Waals surface area contributed by atoms with Gasteiger partial charge in [-0.25, -0.2) is 9.36 Å². The van der Waals surface area contributed by atoms with E-state index in [0.29, 0.717) is 11.3 Å². The highest BCUT2D eigenvalue weighted by Crippen LogP contribution is 2.31. The van der Waals surface area contributed by atoms with Crippen molar-refractivity contribution < 1.29 is 4.79 Å². The molecule has 7 nitrogen and oxygen atoms in total. The summed E-state index contributed by atoms with van der Waals surface area (Å²) in [5.74, 6) is -0.197. The Balaban J connectivity index is 1.64. The molecule has 0 aliphatic rings. The van der Waals surface area contributed by atoms with Crippen LogP contribution in [0.15, 0.2) is 53.1 Å². The topological polar surface area (TPSA) is 77.6 Å². The maximum Gasteiger partial charge on any atom is 0.259 e. The number of benzene rings is 2. The predicted molar refractivity (Wildman–Crippen MR) is 130 cm³/mol. The van der Waals surface area contributed by atoms with E-state index in [1.807, 2.05) is 51.8 Å². The molecule has 8 heteroatoms. The summed E-state index contributed by atoms with van der Waals surface area (Å²) in [6.07, 6.45) is 3.30. The summed E-state index contributed by atoms with van der Waals surface area (Å²) >= 11 is 3.62. The minimum absolute atomic E-state index is 0.0780. The van der Waals surface area contributed by atoms with Crippen LogP contribution in [0.4, 0.5) is 5.69 Å². The normalized spacial score (nSPS) is 11.8. The van der Waals surface area contributed by atoms with Crippen molar-refractivity contribution >= 4 is 38.6 Å². The molecule has 0 unspecified atom stereocenters. The van der Waals surface area contributed by atoms with Crippen LogP contribution < -0.4 is 5.32 Å². The molecule has 32 heavy (non-hydrogen) atoms. The van der Waals surface area contributed by atoms with E-state index in [-0.39, 0.29) is 11.3 Å². The maximum atomic E-state index is 13.2. The Kier molecular flexibility index (Phi) is 6.15. The van der Waals surface area contributed by atoms with Crippen LogP contribution in [0.3, 0.4) is 0 Å². The van der Waals surface area contributed by atoms with Gasteiger partial charge in [0.2, 0.25) is 0 Å². The molecule has 0 spiro atoms. The molecular weight excluding hydrogens is 468 g/mol. The summed E-state index contributed by atoms with van der Waals surface area (Å²) in [6.45, 7) is 9.32. The third kappa shape index (κ3) is 4.46. The molecule has 2 aromatic heterocycles. The van der Waals surface area contributed by atoms with Gasteiger partial charge in [-0.15, -0.1) is 5.10 Å². The SMILES string of the molecule is CCCc1c(C(=O)Nc2ccc3c(nnn3CC(C)(C)C)c2Br)cnn1-c1ccccc1. The fourth-order valence-corrected chi connectivity index (χ4v) is 4.20. The lowest BCUT2D eigenvalue weighted by Gasteiger charge is -2.18. The third-order valence-corrected chi connectivity index (χ3v) is 5.90. The fourth-order valence-electron chi connectivity index (χ4n) is 3.69. The smallest absolute Gasteiger partial charge is 0.259 e. The number of carbonyl (C=O) groups excluding carboxylic acids is 1. The van der Waals surface area contributed by atoms with Gasteiger partial charge in [0.25, 0.3) is 5.91 Å². The minimum atomic E-state index is -0.197. The summed E-state index contributed by atoms with van der Waals surface area (Å²) in [6, 6.07) is 13.7. The average molecular weight is 495 g/mol. The zero-order chi connectivity index (χ0) is 22.9. The molecule has 0 aliphatic carbocycles. The highest BCUT2D eigenvalue weighted by atomic mass is 79.9. The average Bonchev–Trinajstić information content (AvgIpc) is 3.35. The number of nitrogens with one attached hydrogen (secondary N) is 1. The van der Waals surface area contributed by atoms with Gasteiger partial charge in [-0.1, -0.05) is 57.5 Å². The van der Waals surface area contributed by atoms with Crippen LogP contribution in [0.1, 0.15) is 50.2 Å². The van der Waals surface area contributed by atoms with Gasteiger partial charge in [-0.2, -0.15) is 5.10 Å². The summed E-state index contributed by atoms with van der Waals surface area (Å²) in [4.78, 5) is 13.2. The van der Waals surface area contributed by atoms with Crippen LogP contribution in [0, 0.1) is 5.41 Å². The first-order valence-corrected chi connectivity index (χ1v) is 11.5. The second kappa shape index (κ2) is 8.86. The van der Waals surface area contributed by atoms with Gasteiger partial charge in [0.05, 0.1) is 38.8 Å². The predicted octanol–water partition coefficient (Wildman–Crippen LogP) is 5.63. The molecule has 4 aromatic rings. The Morgan fingerprint density at radius 2 is 1.88 bits per heavy atom. The highest BCUT2D eigenvalue weighted by Gasteiger charge is 2.21. The number of carbonyl (C=O) groups is 1. The van der Waals surface area contributed by atoms with Crippen molar-refractivity contribution in [3.05, 3.63) is 64.4 Å². The van der Waals surface area contributed by atoms with E-state index in [9.17, 15) is 4.79 Å². The Morgan fingerprint density at radius 3 is 2.56 bits per heavy atom. The molecule has 0 saturated carbocycles. The molecule has 0 fully saturated rings. The number of rotatable bonds is 6. The Morgan fingerprint density at radius 1 is 1.12 bits per heavy atom. The van der Waals surface area contributed by atoms with Crippen molar-refractivity contribution in [2.45, 2.75) is 47.1 Å². The maximum absolute atomic E-state index is 13.2. The largest absolute Gasteiger partial charge is 0.321 e. The molecule has 4 rings (SSSR count). The van der Waals surface area contributed by atoms with Crippen molar-refractivity contribution in [2.24, 2.45) is 5.41 Å². The van der Waals surface area contributed by atoms with Crippen LogP contribution in [0.5, 0.6) is 0 Å². The number of nitrogens with zero attached hydrogens (tertiary/aromatic N) is 5. The first-order valence-electron chi connectivity index (χ1n) is 10.7. The van der Waals surface area contributed by atoms with Crippen molar-refractivity contribution in [1.82, 2.24) is 24.8 Å². The monoisotopic (exact) mass is 494 g/mol. The van der Waals surface area contributed by atoms with E-state index in [4.69, 9.17) is 0 Å². The molecule has 166 valence electrons. The lowest BCUT2D eigenvalue weighted by molar-refractivity contribution is 0.102. The van der Waals surface area contributed by atoms with E-state index < -0.39 is 0 Å². The molecule has 0 saturated heterocycles. The lowest BCUT2D eigenvalue weighted by atomic mass is 9.97. The number of aromatic nitrogens is 5. The van der Waals surface area contributed by atoms with Crippen LogP contribution >= 0.6 is 15.9 Å². The number of fused-ring (bicyclic) bond motifs is 1. The van der Waals surface area contributed by atoms with Gasteiger partial charge >= 0.3 is 0 Å². The van der Waals surface area contributed by atoms with Crippen LogP contribution in [0.2, 0.25) is 0 Å². The van der Waals surface area contributed by atoms with E-state index in [2.05, 4.69) is 64.4 Å². The van der Waals surface area contributed by atoms with Gasteiger partial charge in [0.1, 0.15) is 5.52 Å². The number of halogens is 1. The van der Waals surface area contributed by atoms with Gasteiger partial charge in [-0.05, 0) is 52.0 Å². The second-order valence-corrected chi connectivity index (χ2v) is 9.85. The first-order chi connectivity index (χ1) is 15.3. The van der Waals surface area contributed by atoms with Crippen molar-refractivity contribution in [2.75, 3.05) is 5.32 Å². The summed E-state index contributed by atoms with van der Waals surface area (Å²) in [5.41, 5.74) is 4.78. The van der Waals surface area contributed by atoms with Gasteiger partial charge in [-0.3, -0.25) is 4.79 Å².